The van der Waals surface area contributed by atoms with Gasteiger partial charge in [0.05, 0.1) is 10.8 Å². The maximum absolute atomic E-state index is 12.8. The molecule has 3 nitrogen and oxygen atoms in total. The predicted molar refractivity (Wildman–Crippen MR) is 81.6 cm³/mol. The van der Waals surface area contributed by atoms with E-state index in [-0.39, 0.29) is 11.2 Å². The van der Waals surface area contributed by atoms with E-state index in [0.29, 0.717) is 31.5 Å². The zero-order chi connectivity index (χ0) is 16.7. The monoisotopic (exact) mass is 347 g/mol. The van der Waals surface area contributed by atoms with Crippen LogP contribution < -0.4 is 0 Å². The molecule has 0 N–H and O–H groups in total. The van der Waals surface area contributed by atoms with Gasteiger partial charge >= 0.3 is 6.18 Å². The topological polar surface area (TPSA) is 37.4 Å². The average Bonchev–Trinajstić information content (AvgIpc) is 2.46. The van der Waals surface area contributed by atoms with Crippen LogP contribution in [-0.2, 0) is 16.2 Å². The van der Waals surface area contributed by atoms with Crippen molar-refractivity contribution in [1.82, 2.24) is 4.31 Å². The molecule has 1 aromatic carbocycles. The standard InChI is InChI=1S/C16H20F3NO2S/c17-16(18,19)14-6-4-5-12(9-14)13-10-20(11-13)23(21,22)15-7-2-1-3-8-15/h4-6,9,13,15H,1-3,7-8,10-11H2. The van der Waals surface area contributed by atoms with Gasteiger partial charge < -0.3 is 0 Å². The molecule has 2 aliphatic rings. The summed E-state index contributed by atoms with van der Waals surface area (Å²) < 4.78 is 64.7. The molecule has 0 atom stereocenters. The number of hydrogen-bond donors (Lipinski definition) is 0. The highest BCUT2D eigenvalue weighted by molar-refractivity contribution is 7.89. The van der Waals surface area contributed by atoms with Crippen LogP contribution in [0.1, 0.15) is 49.1 Å². The van der Waals surface area contributed by atoms with Gasteiger partial charge in [-0.15, -0.1) is 0 Å². The van der Waals surface area contributed by atoms with Gasteiger partial charge in [0.2, 0.25) is 10.0 Å². The number of sulfonamides is 1. The summed E-state index contributed by atoms with van der Waals surface area (Å²) in [4.78, 5) is 0. The van der Waals surface area contributed by atoms with Gasteiger partial charge in [0.15, 0.2) is 0 Å². The van der Waals surface area contributed by atoms with Crippen molar-refractivity contribution in [2.75, 3.05) is 13.1 Å². The SMILES string of the molecule is O=S(=O)(C1CCCCC1)N1CC(c2cccc(C(F)(F)F)c2)C1. The lowest BCUT2D eigenvalue weighted by Crippen LogP contribution is -2.52. The third kappa shape index (κ3) is 3.40. The summed E-state index contributed by atoms with van der Waals surface area (Å²) >= 11 is 0. The third-order valence-corrected chi connectivity index (χ3v) is 7.20. The average molecular weight is 347 g/mol. The molecule has 1 heterocycles. The fourth-order valence-electron chi connectivity index (χ4n) is 3.40. The Bertz CT molecular complexity index is 660. The summed E-state index contributed by atoms with van der Waals surface area (Å²) in [6.45, 7) is 0.584. The molecule has 1 aliphatic carbocycles. The number of rotatable bonds is 3. The van der Waals surface area contributed by atoms with Crippen LogP contribution in [0.25, 0.3) is 0 Å². The Morgan fingerprint density at radius 3 is 2.30 bits per heavy atom. The van der Waals surface area contributed by atoms with E-state index in [1.165, 1.54) is 10.4 Å². The minimum atomic E-state index is -4.37. The zero-order valence-electron chi connectivity index (χ0n) is 12.7. The Labute approximate surface area is 134 Å². The lowest BCUT2D eigenvalue weighted by molar-refractivity contribution is -0.137. The predicted octanol–water partition coefficient (Wildman–Crippen LogP) is 3.77. The first-order valence-corrected chi connectivity index (χ1v) is 9.45. The summed E-state index contributed by atoms with van der Waals surface area (Å²) in [6.07, 6.45) is -0.00377. The van der Waals surface area contributed by atoms with Gasteiger partial charge in [0.1, 0.15) is 0 Å². The molecular formula is C16H20F3NO2S. The van der Waals surface area contributed by atoms with Crippen molar-refractivity contribution in [1.29, 1.82) is 0 Å². The second-order valence-electron chi connectivity index (χ2n) is 6.44. The first-order chi connectivity index (χ1) is 10.8. The zero-order valence-corrected chi connectivity index (χ0v) is 13.5. The van der Waals surface area contributed by atoms with E-state index in [2.05, 4.69) is 0 Å². The lowest BCUT2D eigenvalue weighted by atomic mass is 9.92. The molecule has 0 spiro atoms. The Balaban J connectivity index is 1.67. The molecule has 3 rings (SSSR count). The molecule has 1 aliphatic heterocycles. The second kappa shape index (κ2) is 6.09. The Kier molecular flexibility index (Phi) is 4.44. The van der Waals surface area contributed by atoms with Crippen LogP contribution in [-0.4, -0.2) is 31.1 Å². The van der Waals surface area contributed by atoms with Crippen LogP contribution in [0, 0.1) is 0 Å². The summed E-state index contributed by atoms with van der Waals surface area (Å²) in [7, 11) is -3.29. The fourth-order valence-corrected chi connectivity index (χ4v) is 5.53. The van der Waals surface area contributed by atoms with Gasteiger partial charge in [0, 0.05) is 19.0 Å². The third-order valence-electron chi connectivity index (χ3n) is 4.87. The first kappa shape index (κ1) is 16.8. The maximum Gasteiger partial charge on any atom is 0.416 e. The maximum atomic E-state index is 12.8. The number of benzene rings is 1. The van der Waals surface area contributed by atoms with E-state index in [4.69, 9.17) is 0 Å². The molecule has 2 fully saturated rings. The van der Waals surface area contributed by atoms with Crippen LogP contribution in [0.15, 0.2) is 24.3 Å². The molecule has 128 valence electrons. The number of hydrogen-bond acceptors (Lipinski definition) is 2. The fraction of sp³-hybridized carbons (Fsp3) is 0.625. The largest absolute Gasteiger partial charge is 0.416 e. The van der Waals surface area contributed by atoms with E-state index < -0.39 is 21.8 Å². The summed E-state index contributed by atoms with van der Waals surface area (Å²) in [5.74, 6) is -0.143. The number of alkyl halides is 3. The van der Waals surface area contributed by atoms with E-state index in [1.807, 2.05) is 0 Å². The van der Waals surface area contributed by atoms with Crippen molar-refractivity contribution in [2.24, 2.45) is 0 Å². The van der Waals surface area contributed by atoms with Gasteiger partial charge in [-0.3, -0.25) is 0 Å². The lowest BCUT2D eigenvalue weighted by Gasteiger charge is -2.41. The van der Waals surface area contributed by atoms with Gasteiger partial charge in [-0.05, 0) is 24.5 Å². The van der Waals surface area contributed by atoms with Crippen molar-refractivity contribution in [3.05, 3.63) is 35.4 Å². The molecule has 1 saturated carbocycles. The van der Waals surface area contributed by atoms with Crippen molar-refractivity contribution in [3.63, 3.8) is 0 Å². The molecule has 0 aromatic heterocycles. The Hall–Kier alpha value is -1.08. The van der Waals surface area contributed by atoms with E-state index in [1.54, 1.807) is 6.07 Å². The molecule has 23 heavy (non-hydrogen) atoms. The van der Waals surface area contributed by atoms with Crippen LogP contribution in [0.5, 0.6) is 0 Å². The Morgan fingerprint density at radius 2 is 1.70 bits per heavy atom. The normalized spacial score (nSPS) is 22.0. The Morgan fingerprint density at radius 1 is 1.04 bits per heavy atom. The minimum Gasteiger partial charge on any atom is -0.212 e. The molecule has 1 aromatic rings. The van der Waals surface area contributed by atoms with Crippen molar-refractivity contribution < 1.29 is 21.6 Å². The molecule has 0 amide bonds. The van der Waals surface area contributed by atoms with E-state index in [0.717, 1.165) is 31.4 Å². The van der Waals surface area contributed by atoms with E-state index >= 15 is 0 Å². The van der Waals surface area contributed by atoms with Crippen molar-refractivity contribution in [2.45, 2.75) is 49.4 Å². The summed E-state index contributed by atoms with van der Waals surface area (Å²) in [5.41, 5.74) is -0.112. The van der Waals surface area contributed by atoms with Crippen LogP contribution in [0.4, 0.5) is 13.2 Å². The molecule has 0 radical (unpaired) electrons. The summed E-state index contributed by atoms with van der Waals surface area (Å²) in [5, 5.41) is -0.307. The second-order valence-corrected chi connectivity index (χ2v) is 8.66. The smallest absolute Gasteiger partial charge is 0.212 e. The number of halogens is 3. The molecule has 0 unspecified atom stereocenters. The van der Waals surface area contributed by atoms with Crippen LogP contribution in [0.2, 0.25) is 0 Å². The van der Waals surface area contributed by atoms with Crippen LogP contribution >= 0.6 is 0 Å². The molecule has 0 bridgehead atoms. The van der Waals surface area contributed by atoms with Gasteiger partial charge in [-0.1, -0.05) is 37.5 Å². The van der Waals surface area contributed by atoms with Gasteiger partial charge in [-0.25, -0.2) is 12.7 Å². The van der Waals surface area contributed by atoms with Crippen molar-refractivity contribution in [3.8, 4) is 0 Å². The highest BCUT2D eigenvalue weighted by atomic mass is 32.2. The summed E-state index contributed by atoms with van der Waals surface area (Å²) in [6, 6.07) is 5.20. The number of nitrogens with zero attached hydrogens (tertiary/aromatic N) is 1. The molecular weight excluding hydrogens is 327 g/mol. The highest BCUT2D eigenvalue weighted by Crippen LogP contribution is 2.36. The quantitative estimate of drug-likeness (QED) is 0.835. The van der Waals surface area contributed by atoms with E-state index in [9.17, 15) is 21.6 Å². The van der Waals surface area contributed by atoms with Gasteiger partial charge in [-0.2, -0.15) is 13.2 Å². The molecule has 1 saturated heterocycles. The first-order valence-electron chi connectivity index (χ1n) is 7.94. The molecule has 7 heteroatoms. The van der Waals surface area contributed by atoms with Crippen LogP contribution in [0.3, 0.4) is 0 Å². The van der Waals surface area contributed by atoms with Crippen molar-refractivity contribution >= 4 is 10.0 Å². The minimum absolute atomic E-state index is 0.143. The van der Waals surface area contributed by atoms with Gasteiger partial charge in [0.25, 0.3) is 0 Å². The highest BCUT2D eigenvalue weighted by Gasteiger charge is 2.41.